The molecule has 3 N–H and O–H groups in total. The molecule has 0 bridgehead atoms. The van der Waals surface area contributed by atoms with E-state index in [4.69, 9.17) is 4.74 Å². The summed E-state index contributed by atoms with van der Waals surface area (Å²) in [5.41, 5.74) is 2.76. The predicted octanol–water partition coefficient (Wildman–Crippen LogP) is 2.91. The molecule has 1 aromatic carbocycles. The molecule has 7 nitrogen and oxygen atoms in total. The molecule has 1 amide bonds. The summed E-state index contributed by atoms with van der Waals surface area (Å²) in [6.07, 6.45) is 0.899. The summed E-state index contributed by atoms with van der Waals surface area (Å²) in [6, 6.07) is 6.69. The van der Waals surface area contributed by atoms with Crippen molar-refractivity contribution in [3.63, 3.8) is 0 Å². The molecule has 0 aliphatic heterocycles. The molecule has 134 valence electrons. The zero-order valence-electron chi connectivity index (χ0n) is 14.8. The van der Waals surface area contributed by atoms with E-state index >= 15 is 0 Å². The van der Waals surface area contributed by atoms with Crippen molar-refractivity contribution >= 4 is 12.1 Å². The summed E-state index contributed by atoms with van der Waals surface area (Å²) >= 11 is 0. The molecular formula is C18H23N3O4. The number of aromatic amines is 1. The van der Waals surface area contributed by atoms with Gasteiger partial charge in [-0.1, -0.05) is 29.8 Å². The minimum Gasteiger partial charge on any atom is -0.480 e. The van der Waals surface area contributed by atoms with Gasteiger partial charge in [-0.3, -0.25) is 5.10 Å². The van der Waals surface area contributed by atoms with Crippen LogP contribution in [-0.2, 0) is 16.0 Å². The van der Waals surface area contributed by atoms with Crippen molar-refractivity contribution in [2.24, 2.45) is 0 Å². The third kappa shape index (κ3) is 5.34. The molecule has 0 saturated heterocycles. The second-order valence-corrected chi connectivity index (χ2v) is 6.88. The topological polar surface area (TPSA) is 104 Å². The van der Waals surface area contributed by atoms with Gasteiger partial charge in [-0.15, -0.1) is 0 Å². The second kappa shape index (κ2) is 7.38. The highest BCUT2D eigenvalue weighted by Gasteiger charge is 2.25. The number of benzene rings is 1. The van der Waals surface area contributed by atoms with Gasteiger partial charge in [0.15, 0.2) is 0 Å². The van der Waals surface area contributed by atoms with Crippen molar-refractivity contribution in [2.75, 3.05) is 0 Å². The van der Waals surface area contributed by atoms with Crippen LogP contribution in [0.2, 0.25) is 0 Å². The maximum atomic E-state index is 11.9. The van der Waals surface area contributed by atoms with Crippen molar-refractivity contribution in [1.29, 1.82) is 0 Å². The highest BCUT2D eigenvalue weighted by Crippen LogP contribution is 2.22. The van der Waals surface area contributed by atoms with Crippen LogP contribution in [0.3, 0.4) is 0 Å². The maximum absolute atomic E-state index is 11.9. The van der Waals surface area contributed by atoms with E-state index in [1.807, 2.05) is 31.2 Å². The first-order chi connectivity index (χ1) is 11.7. The van der Waals surface area contributed by atoms with E-state index in [9.17, 15) is 14.7 Å². The van der Waals surface area contributed by atoms with Gasteiger partial charge in [0.2, 0.25) is 0 Å². The lowest BCUT2D eigenvalue weighted by molar-refractivity contribution is -0.139. The molecule has 1 heterocycles. The molecule has 0 aliphatic carbocycles. The van der Waals surface area contributed by atoms with E-state index in [0.717, 1.165) is 16.8 Å². The number of aromatic nitrogens is 2. The van der Waals surface area contributed by atoms with Gasteiger partial charge in [-0.05, 0) is 33.3 Å². The SMILES string of the molecule is Cc1ccc(-c2[nH]ncc2CC(NC(=O)OC(C)(C)C)C(=O)O)cc1. The van der Waals surface area contributed by atoms with Crippen LogP contribution in [0.25, 0.3) is 11.3 Å². The molecule has 2 rings (SSSR count). The Hall–Kier alpha value is -2.83. The van der Waals surface area contributed by atoms with Gasteiger partial charge in [0, 0.05) is 12.0 Å². The van der Waals surface area contributed by atoms with E-state index in [0.29, 0.717) is 5.56 Å². The summed E-state index contributed by atoms with van der Waals surface area (Å²) in [7, 11) is 0. The van der Waals surface area contributed by atoms with Crippen molar-refractivity contribution in [1.82, 2.24) is 15.5 Å². The Morgan fingerprint density at radius 1 is 1.28 bits per heavy atom. The average Bonchev–Trinajstić information content (AvgIpc) is 2.93. The average molecular weight is 345 g/mol. The highest BCUT2D eigenvalue weighted by atomic mass is 16.6. The normalized spacial score (nSPS) is 12.5. The van der Waals surface area contributed by atoms with E-state index in [1.54, 1.807) is 27.0 Å². The smallest absolute Gasteiger partial charge is 0.408 e. The molecule has 7 heteroatoms. The van der Waals surface area contributed by atoms with Crippen molar-refractivity contribution in [2.45, 2.75) is 45.8 Å². The number of aryl methyl sites for hydroxylation is 1. The highest BCUT2D eigenvalue weighted by molar-refractivity contribution is 5.80. The molecule has 0 fully saturated rings. The molecule has 0 saturated carbocycles. The number of H-pyrrole nitrogens is 1. The Morgan fingerprint density at radius 2 is 1.92 bits per heavy atom. The van der Waals surface area contributed by atoms with Crippen LogP contribution in [0, 0.1) is 6.92 Å². The van der Waals surface area contributed by atoms with Crippen molar-refractivity contribution in [3.8, 4) is 11.3 Å². The monoisotopic (exact) mass is 345 g/mol. The van der Waals surface area contributed by atoms with Crippen LogP contribution in [0.5, 0.6) is 0 Å². The van der Waals surface area contributed by atoms with Crippen LogP contribution in [-0.4, -0.2) is 39.0 Å². The Labute approximate surface area is 146 Å². The van der Waals surface area contributed by atoms with Gasteiger partial charge in [-0.2, -0.15) is 5.10 Å². The number of carboxylic acids is 1. The molecule has 1 aromatic heterocycles. The third-order valence-corrected chi connectivity index (χ3v) is 3.47. The fourth-order valence-electron chi connectivity index (χ4n) is 2.31. The van der Waals surface area contributed by atoms with E-state index in [2.05, 4.69) is 15.5 Å². The predicted molar refractivity (Wildman–Crippen MR) is 93.3 cm³/mol. The number of ether oxygens (including phenoxy) is 1. The number of carboxylic acid groups (broad SMARTS) is 1. The summed E-state index contributed by atoms with van der Waals surface area (Å²) in [5.74, 6) is -1.14. The minimum atomic E-state index is -1.14. The van der Waals surface area contributed by atoms with Crippen LogP contribution in [0.15, 0.2) is 30.5 Å². The largest absolute Gasteiger partial charge is 0.480 e. The number of aliphatic carboxylic acids is 1. The summed E-state index contributed by atoms with van der Waals surface area (Å²) in [5, 5.41) is 18.7. The number of amides is 1. The minimum absolute atomic E-state index is 0.0916. The number of rotatable bonds is 5. The first-order valence-electron chi connectivity index (χ1n) is 7.97. The summed E-state index contributed by atoms with van der Waals surface area (Å²) in [6.45, 7) is 7.14. The molecular weight excluding hydrogens is 322 g/mol. The van der Waals surface area contributed by atoms with E-state index in [1.165, 1.54) is 0 Å². The zero-order chi connectivity index (χ0) is 18.6. The fraction of sp³-hybridized carbons (Fsp3) is 0.389. The van der Waals surface area contributed by atoms with Crippen LogP contribution < -0.4 is 5.32 Å². The van der Waals surface area contributed by atoms with Crippen molar-refractivity contribution in [3.05, 3.63) is 41.6 Å². The van der Waals surface area contributed by atoms with E-state index < -0.39 is 23.7 Å². The molecule has 25 heavy (non-hydrogen) atoms. The summed E-state index contributed by atoms with van der Waals surface area (Å²) in [4.78, 5) is 23.4. The molecule has 1 atom stereocenters. The number of nitrogens with one attached hydrogen (secondary N) is 2. The molecule has 0 aliphatic rings. The number of nitrogens with zero attached hydrogens (tertiary/aromatic N) is 1. The standard InChI is InChI=1S/C18H23N3O4/c1-11-5-7-12(8-6-11)15-13(10-19-21-15)9-14(16(22)23)20-17(24)25-18(2,3)4/h5-8,10,14H,9H2,1-4H3,(H,19,21)(H,20,24)(H,22,23). The van der Waals surface area contributed by atoms with Crippen LogP contribution in [0.4, 0.5) is 4.79 Å². The summed E-state index contributed by atoms with van der Waals surface area (Å²) < 4.78 is 5.13. The van der Waals surface area contributed by atoms with Gasteiger partial charge >= 0.3 is 12.1 Å². The lowest BCUT2D eigenvalue weighted by Gasteiger charge is -2.22. The Bertz CT molecular complexity index is 744. The Kier molecular flexibility index (Phi) is 5.46. The number of hydrogen-bond acceptors (Lipinski definition) is 4. The first-order valence-corrected chi connectivity index (χ1v) is 7.97. The molecule has 0 radical (unpaired) electrons. The maximum Gasteiger partial charge on any atom is 0.408 e. The lowest BCUT2D eigenvalue weighted by atomic mass is 10.0. The van der Waals surface area contributed by atoms with Crippen LogP contribution in [0.1, 0.15) is 31.9 Å². The molecule has 0 spiro atoms. The Morgan fingerprint density at radius 3 is 2.48 bits per heavy atom. The third-order valence-electron chi connectivity index (χ3n) is 3.47. The Balaban J connectivity index is 2.16. The zero-order valence-corrected chi connectivity index (χ0v) is 14.8. The molecule has 2 aromatic rings. The molecule has 1 unspecified atom stereocenters. The first kappa shape index (κ1) is 18.5. The number of carbonyl (C=O) groups is 2. The van der Waals surface area contributed by atoms with Gasteiger partial charge in [0.1, 0.15) is 11.6 Å². The number of hydrogen-bond donors (Lipinski definition) is 3. The van der Waals surface area contributed by atoms with E-state index in [-0.39, 0.29) is 6.42 Å². The van der Waals surface area contributed by atoms with Crippen LogP contribution >= 0.6 is 0 Å². The fourth-order valence-corrected chi connectivity index (χ4v) is 2.31. The lowest BCUT2D eigenvalue weighted by Crippen LogP contribution is -2.44. The number of carbonyl (C=O) groups excluding carboxylic acids is 1. The second-order valence-electron chi connectivity index (χ2n) is 6.88. The number of alkyl carbamates (subject to hydrolysis) is 1. The van der Waals surface area contributed by atoms with Gasteiger partial charge in [0.25, 0.3) is 0 Å². The van der Waals surface area contributed by atoms with Gasteiger partial charge in [0.05, 0.1) is 11.9 Å². The van der Waals surface area contributed by atoms with Gasteiger partial charge < -0.3 is 15.2 Å². The quantitative estimate of drug-likeness (QED) is 0.773. The van der Waals surface area contributed by atoms with Crippen molar-refractivity contribution < 1.29 is 19.4 Å². The van der Waals surface area contributed by atoms with Gasteiger partial charge in [-0.25, -0.2) is 9.59 Å².